The van der Waals surface area contributed by atoms with E-state index in [1.54, 1.807) is 24.4 Å². The summed E-state index contributed by atoms with van der Waals surface area (Å²) in [5.74, 6) is 2.17. The van der Waals surface area contributed by atoms with Crippen molar-refractivity contribution < 1.29 is 14.6 Å². The summed E-state index contributed by atoms with van der Waals surface area (Å²) in [5, 5.41) is 20.8. The van der Waals surface area contributed by atoms with Crippen LogP contribution in [0.4, 0.5) is 0 Å². The van der Waals surface area contributed by atoms with Crippen molar-refractivity contribution in [3.63, 3.8) is 0 Å². The summed E-state index contributed by atoms with van der Waals surface area (Å²) in [6.07, 6.45) is 12.4. The average Bonchev–Trinajstić information content (AvgIpc) is 3.49. The number of rotatable bonds is 7. The first kappa shape index (κ1) is 20.7. The summed E-state index contributed by atoms with van der Waals surface area (Å²) in [6, 6.07) is 7.70. The van der Waals surface area contributed by atoms with E-state index in [0.717, 1.165) is 30.7 Å². The largest absolute Gasteiger partial charge is 0.489 e. The van der Waals surface area contributed by atoms with Crippen LogP contribution < -0.4 is 9.47 Å². The molecule has 0 spiro atoms. The van der Waals surface area contributed by atoms with Crippen molar-refractivity contribution in [3.05, 3.63) is 53.9 Å². The van der Waals surface area contributed by atoms with Crippen molar-refractivity contribution >= 4 is 17.1 Å². The number of nitrogens with zero attached hydrogens (tertiary/aromatic N) is 4. The number of nitriles is 1. The van der Waals surface area contributed by atoms with Gasteiger partial charge in [0.25, 0.3) is 0 Å². The molecule has 7 heteroatoms. The van der Waals surface area contributed by atoms with Gasteiger partial charge < -0.3 is 19.5 Å². The van der Waals surface area contributed by atoms with E-state index < -0.39 is 6.10 Å². The molecule has 1 fully saturated rings. The molecule has 1 aromatic heterocycles. The van der Waals surface area contributed by atoms with E-state index in [9.17, 15) is 10.4 Å². The molecule has 0 radical (unpaired) electrons. The third kappa shape index (κ3) is 4.38. The lowest BCUT2D eigenvalue weighted by Gasteiger charge is -2.20. The molecule has 1 aromatic carbocycles. The number of likely N-dealkylation sites (tertiary alicyclic amines) is 1. The molecular weight excluding hydrogens is 404 g/mol. The number of hydrogen-bond acceptors (Lipinski definition) is 7. The normalized spacial score (nSPS) is 23.1. The molecule has 1 aliphatic carbocycles. The Bertz CT molecular complexity index is 1130. The number of allylic oxidation sites excluding steroid dienone is 1. The first-order valence-electron chi connectivity index (χ1n) is 11.2. The highest BCUT2D eigenvalue weighted by Gasteiger charge is 2.24. The number of benzene rings is 1. The molecule has 2 aliphatic heterocycles. The molecule has 0 bridgehead atoms. The molecule has 3 heterocycles. The van der Waals surface area contributed by atoms with Gasteiger partial charge in [0.1, 0.15) is 36.0 Å². The number of hydrogen-bond donors (Lipinski definition) is 1. The number of ether oxygens (including phenoxy) is 2. The third-order valence-corrected chi connectivity index (χ3v) is 6.18. The van der Waals surface area contributed by atoms with Crippen molar-refractivity contribution in [1.29, 1.82) is 5.26 Å². The maximum Gasteiger partial charge on any atom is 0.139 e. The molecule has 164 valence electrons. The van der Waals surface area contributed by atoms with Gasteiger partial charge in [-0.3, -0.25) is 9.98 Å². The Balaban J connectivity index is 1.33. The number of aliphatic hydroxyl groups is 1. The topological polar surface area (TPSA) is 91.0 Å². The molecular formula is C25H26N4O3. The zero-order valence-corrected chi connectivity index (χ0v) is 17.9. The molecule has 7 nitrogen and oxygen atoms in total. The summed E-state index contributed by atoms with van der Waals surface area (Å²) < 4.78 is 12.0. The highest BCUT2D eigenvalue weighted by molar-refractivity contribution is 5.88. The summed E-state index contributed by atoms with van der Waals surface area (Å²) in [5.41, 5.74) is 1.06. The number of fused-ring (bicyclic) bond motifs is 2. The minimum atomic E-state index is -0.605. The minimum Gasteiger partial charge on any atom is -0.489 e. The van der Waals surface area contributed by atoms with Gasteiger partial charge in [0, 0.05) is 36.3 Å². The molecule has 5 rings (SSSR count). The van der Waals surface area contributed by atoms with E-state index in [-0.39, 0.29) is 12.6 Å². The fraction of sp³-hybridized carbons (Fsp3) is 0.400. The van der Waals surface area contributed by atoms with Gasteiger partial charge in [-0.2, -0.15) is 5.26 Å². The average molecular weight is 431 g/mol. The van der Waals surface area contributed by atoms with Crippen molar-refractivity contribution in [1.82, 2.24) is 9.88 Å². The first-order valence-corrected chi connectivity index (χ1v) is 11.2. The monoisotopic (exact) mass is 430 g/mol. The highest BCUT2D eigenvalue weighted by Crippen LogP contribution is 2.33. The summed E-state index contributed by atoms with van der Waals surface area (Å²) in [4.78, 5) is 11.1. The van der Waals surface area contributed by atoms with Crippen LogP contribution in [0.3, 0.4) is 0 Å². The molecule has 2 aromatic rings. The Morgan fingerprint density at radius 2 is 2.12 bits per heavy atom. The van der Waals surface area contributed by atoms with Crippen LogP contribution in [0.25, 0.3) is 10.9 Å². The zero-order valence-electron chi connectivity index (χ0n) is 17.9. The van der Waals surface area contributed by atoms with Gasteiger partial charge in [0.05, 0.1) is 17.1 Å². The Hall–Kier alpha value is -3.21. The van der Waals surface area contributed by atoms with E-state index in [1.165, 1.54) is 12.8 Å². The summed E-state index contributed by atoms with van der Waals surface area (Å²) in [6.45, 7) is 2.75. The van der Waals surface area contributed by atoms with Crippen LogP contribution in [0.2, 0.25) is 0 Å². The van der Waals surface area contributed by atoms with Crippen molar-refractivity contribution in [2.75, 3.05) is 26.2 Å². The quantitative estimate of drug-likeness (QED) is 0.725. The predicted octanol–water partition coefficient (Wildman–Crippen LogP) is 3.23. The SMILES string of the molecule is N#Cc1cc2c(OC3=CC4CC=NC4C=C3)ccnc2cc1OC[C@H](O)CN1CCCC1. The summed E-state index contributed by atoms with van der Waals surface area (Å²) >= 11 is 0. The van der Waals surface area contributed by atoms with E-state index in [1.807, 2.05) is 12.3 Å². The van der Waals surface area contributed by atoms with Crippen molar-refractivity contribution in [3.8, 4) is 17.6 Å². The standard InChI is InChI=1S/C25H26N4O3/c26-14-18-12-21-23(13-25(18)31-16-19(30)15-29-9-1-2-10-29)28-8-6-24(21)32-20-3-4-22-17(11-20)5-7-27-22/h3-4,6-8,11-13,17,19,22,30H,1-2,5,9-10,15-16H2/t17?,19-,22?/m1/s1. The maximum absolute atomic E-state index is 10.3. The molecule has 0 saturated carbocycles. The molecule has 3 aliphatic rings. The predicted molar refractivity (Wildman–Crippen MR) is 122 cm³/mol. The second-order valence-electron chi connectivity index (χ2n) is 8.51. The molecule has 2 unspecified atom stereocenters. The van der Waals surface area contributed by atoms with Crippen molar-refractivity contribution in [2.24, 2.45) is 10.9 Å². The fourth-order valence-electron chi connectivity index (χ4n) is 4.51. The first-order chi connectivity index (χ1) is 15.7. The maximum atomic E-state index is 10.3. The summed E-state index contributed by atoms with van der Waals surface area (Å²) in [7, 11) is 0. The molecule has 3 atom stereocenters. The second-order valence-corrected chi connectivity index (χ2v) is 8.51. The molecule has 32 heavy (non-hydrogen) atoms. The number of aliphatic imine (C=N–C) groups is 1. The fourth-order valence-corrected chi connectivity index (χ4v) is 4.51. The van der Waals surface area contributed by atoms with E-state index in [2.05, 4.69) is 33.1 Å². The van der Waals surface area contributed by atoms with Crippen LogP contribution in [0.1, 0.15) is 24.8 Å². The lowest BCUT2D eigenvalue weighted by atomic mass is 9.95. The highest BCUT2D eigenvalue weighted by atomic mass is 16.5. The van der Waals surface area contributed by atoms with Crippen molar-refractivity contribution in [2.45, 2.75) is 31.4 Å². The smallest absolute Gasteiger partial charge is 0.139 e. The molecule has 1 saturated heterocycles. The van der Waals surface area contributed by atoms with Crippen LogP contribution in [0.5, 0.6) is 11.5 Å². The number of aromatic nitrogens is 1. The van der Waals surface area contributed by atoms with Crippen LogP contribution >= 0.6 is 0 Å². The Labute approximate surface area is 187 Å². The van der Waals surface area contributed by atoms with Crippen LogP contribution in [0, 0.1) is 17.2 Å². The Morgan fingerprint density at radius 1 is 1.25 bits per heavy atom. The van der Waals surface area contributed by atoms with E-state index in [0.29, 0.717) is 35.0 Å². The van der Waals surface area contributed by atoms with Crippen LogP contribution in [-0.2, 0) is 0 Å². The number of β-amino-alcohol motifs (C(OH)–C–C–N with tert-alkyl or cyclic N) is 1. The number of aliphatic hydroxyl groups excluding tert-OH is 1. The van der Waals surface area contributed by atoms with Crippen LogP contribution in [0.15, 0.2) is 53.4 Å². The second kappa shape index (κ2) is 9.11. The van der Waals surface area contributed by atoms with Gasteiger partial charge in [-0.05, 0) is 56.6 Å². The van der Waals surface area contributed by atoms with Crippen LogP contribution in [-0.4, -0.2) is 59.6 Å². The van der Waals surface area contributed by atoms with Gasteiger partial charge in [0.2, 0.25) is 0 Å². The Morgan fingerprint density at radius 3 is 2.97 bits per heavy atom. The van der Waals surface area contributed by atoms with E-state index in [4.69, 9.17) is 9.47 Å². The lowest BCUT2D eigenvalue weighted by Crippen LogP contribution is -2.33. The van der Waals surface area contributed by atoms with Gasteiger partial charge in [-0.1, -0.05) is 6.08 Å². The van der Waals surface area contributed by atoms with Gasteiger partial charge in [0.15, 0.2) is 0 Å². The molecule has 1 N–H and O–H groups in total. The Kier molecular flexibility index (Phi) is 5.89. The van der Waals surface area contributed by atoms with Gasteiger partial charge in [-0.15, -0.1) is 0 Å². The zero-order chi connectivity index (χ0) is 21.9. The molecule has 0 amide bonds. The van der Waals surface area contributed by atoms with E-state index >= 15 is 0 Å². The lowest BCUT2D eigenvalue weighted by molar-refractivity contribution is 0.0758. The minimum absolute atomic E-state index is 0.134. The van der Waals surface area contributed by atoms with Gasteiger partial charge in [-0.25, -0.2) is 0 Å². The third-order valence-electron chi connectivity index (χ3n) is 6.18. The van der Waals surface area contributed by atoms with Gasteiger partial charge >= 0.3 is 0 Å². The number of pyridine rings is 1.